The predicted octanol–water partition coefficient (Wildman–Crippen LogP) is 40.6. The summed E-state index contributed by atoms with van der Waals surface area (Å²) in [5.41, 5.74) is 32.3. The molecule has 0 saturated carbocycles. The number of hydrogen-bond acceptors (Lipinski definition) is 0. The summed E-state index contributed by atoms with van der Waals surface area (Å²) in [7, 11) is 0. The third kappa shape index (κ3) is 15.6. The molecule has 0 fully saturated rings. The zero-order valence-corrected chi connectivity index (χ0v) is 79.3. The Morgan fingerprint density at radius 3 is 0.486 bits per heavy atom. The van der Waals surface area contributed by atoms with E-state index in [1.54, 1.807) is 0 Å². The maximum atomic E-state index is 2.39. The van der Waals surface area contributed by atoms with Crippen molar-refractivity contribution >= 4 is 129 Å². The van der Waals surface area contributed by atoms with E-state index < -0.39 is 0 Å². The summed E-state index contributed by atoms with van der Waals surface area (Å²) < 4.78 is 0. The third-order valence-corrected chi connectivity index (χ3v) is 29.6. The summed E-state index contributed by atoms with van der Waals surface area (Å²) in [6.07, 6.45) is 0. The first kappa shape index (κ1) is 85.7. The molecule has 0 heteroatoms. The minimum atomic E-state index is 1.22. The van der Waals surface area contributed by atoms with Gasteiger partial charge in [-0.25, -0.2) is 0 Å². The number of hydrogen-bond donors (Lipinski definition) is 0. The second-order valence-electron chi connectivity index (χ2n) is 37.7. The molecule has 0 nitrogen and oxygen atoms in total. The summed E-state index contributed by atoms with van der Waals surface area (Å²) in [6, 6.07) is 208. The molecule has 0 radical (unpaired) electrons. The lowest BCUT2D eigenvalue weighted by atomic mass is 9.83. The van der Waals surface area contributed by atoms with Crippen LogP contribution in [0.5, 0.6) is 0 Å². The van der Waals surface area contributed by atoms with Crippen molar-refractivity contribution < 1.29 is 0 Å². The quantitative estimate of drug-likeness (QED) is 0.0797. The maximum Gasteiger partial charge on any atom is -0.00201 e. The average Bonchev–Trinajstić information content (AvgIpc) is 0.711. The highest BCUT2D eigenvalue weighted by atomic mass is 14.3. The Balaban J connectivity index is 0.000000110. The minimum absolute atomic E-state index is 1.22. The van der Waals surface area contributed by atoms with Crippen LogP contribution in [0.15, 0.2) is 570 Å². The molecule has 0 spiro atoms. The largest absolute Gasteiger partial charge is 0.0622 e. The second kappa shape index (κ2) is 37.2. The Morgan fingerprint density at radius 1 is 0.0625 bits per heavy atom. The van der Waals surface area contributed by atoms with E-state index in [9.17, 15) is 0 Å². The van der Waals surface area contributed by atoms with Gasteiger partial charge in [-0.2, -0.15) is 0 Å². The van der Waals surface area contributed by atoms with E-state index in [0.29, 0.717) is 0 Å². The fraction of sp³-hybridized carbons (Fsp3) is 0. The van der Waals surface area contributed by atoms with Gasteiger partial charge in [-0.1, -0.05) is 552 Å². The van der Waals surface area contributed by atoms with Gasteiger partial charge in [0.1, 0.15) is 0 Å². The van der Waals surface area contributed by atoms with Gasteiger partial charge in [0.25, 0.3) is 0 Å². The summed E-state index contributed by atoms with van der Waals surface area (Å²) in [6.45, 7) is 0. The highest BCUT2D eigenvalue weighted by molar-refractivity contribution is 6.29. The van der Waals surface area contributed by atoms with Crippen molar-refractivity contribution in [2.45, 2.75) is 0 Å². The van der Waals surface area contributed by atoms with Crippen molar-refractivity contribution in [3.05, 3.63) is 570 Å². The summed E-state index contributed by atoms with van der Waals surface area (Å²) >= 11 is 0. The van der Waals surface area contributed by atoms with Crippen LogP contribution in [0.2, 0.25) is 0 Å². The van der Waals surface area contributed by atoms with E-state index in [-0.39, 0.29) is 0 Å². The standard InChI is InChI=1S/2C50H32.C44H30/c1-2-13-33(14-3-1)34-25-27-35(28-26-34)49-44-21-8-10-23-46(44)50(47-24-11-9-22-45(47)49)38-16-12-15-36(31-38)37-29-30-43-41-19-5-4-17-39(41)40-18-6-7-20-42(40)48(43)32-37;1-2-12-33(13-3-1)34-22-26-36(27-23-34)49-44-18-8-10-20-46(44)50(47-21-11-9-19-45(47)49)37-28-24-35(25-29-37)38-30-31-43-41-16-5-4-14-39(41)40-15-6-7-17-42(40)48(43)32-38;1-3-13-31(14-4-1)33-23-27-35(28-24-33)37-17-7-8-18-38(37)44-41-21-11-9-19-39(41)43(40-20-10-12-22-42(40)44)36-29-25-34(26-30-36)32-15-5-2-6-16-32/h2*1-32H;1-30H. The van der Waals surface area contributed by atoms with E-state index in [1.165, 1.54) is 274 Å². The lowest BCUT2D eigenvalue weighted by molar-refractivity contribution is 1.58. The van der Waals surface area contributed by atoms with Crippen LogP contribution in [0, 0.1) is 0 Å². The first-order valence-corrected chi connectivity index (χ1v) is 49.9. The molecule has 0 aliphatic rings. The second-order valence-corrected chi connectivity index (χ2v) is 37.7. The van der Waals surface area contributed by atoms with Gasteiger partial charge in [-0.05, 0) is 292 Å². The van der Waals surface area contributed by atoms with Crippen molar-refractivity contribution in [1.82, 2.24) is 0 Å². The summed E-state index contributed by atoms with van der Waals surface area (Å²) in [5, 5.41) is 30.8. The van der Waals surface area contributed by atoms with Gasteiger partial charge in [-0.3, -0.25) is 0 Å². The van der Waals surface area contributed by atoms with Gasteiger partial charge < -0.3 is 0 Å². The Labute approximate surface area is 837 Å². The highest BCUT2D eigenvalue weighted by Crippen LogP contribution is 2.52. The molecule has 0 heterocycles. The zero-order valence-electron chi connectivity index (χ0n) is 79.3. The van der Waals surface area contributed by atoms with Crippen molar-refractivity contribution in [1.29, 1.82) is 0 Å². The molecule has 0 aliphatic carbocycles. The van der Waals surface area contributed by atoms with Crippen LogP contribution in [0.25, 0.3) is 274 Å². The van der Waals surface area contributed by atoms with E-state index in [0.717, 1.165) is 0 Å². The molecule has 0 aromatic heterocycles. The fourth-order valence-corrected chi connectivity index (χ4v) is 22.9. The summed E-state index contributed by atoms with van der Waals surface area (Å²) in [4.78, 5) is 0. The van der Waals surface area contributed by atoms with E-state index in [1.807, 2.05) is 0 Å². The minimum Gasteiger partial charge on any atom is -0.0622 e. The first-order chi connectivity index (χ1) is 71.5. The van der Waals surface area contributed by atoms with Crippen molar-refractivity contribution in [2.75, 3.05) is 0 Å². The van der Waals surface area contributed by atoms with Crippen LogP contribution in [0.1, 0.15) is 0 Å². The SMILES string of the molecule is c1ccc(-c2ccc(-c3c4ccccc4c(-c4ccc(-c5ccc6c7ccccc7c7ccccc7c6c5)cc4)c4ccccc34)cc2)cc1.c1ccc(-c2ccc(-c3c4ccccc4c(-c4cccc(-c5ccc6c7ccccc7c7ccccc7c6c5)c4)c4ccccc34)cc2)cc1.c1ccc(-c2ccc(-c3ccccc3-c3c4ccccc4c(-c4ccc(-c5ccccc5)cc4)c4ccccc34)cc2)cc1. The van der Waals surface area contributed by atoms with Crippen LogP contribution in [-0.4, -0.2) is 0 Å². The lowest BCUT2D eigenvalue weighted by Gasteiger charge is -2.20. The van der Waals surface area contributed by atoms with Crippen LogP contribution in [0.3, 0.4) is 0 Å². The normalized spacial score (nSPS) is 11.5. The first-order valence-electron chi connectivity index (χ1n) is 49.9. The molecule has 0 aliphatic heterocycles. The monoisotopic (exact) mass is 1820 g/mol. The van der Waals surface area contributed by atoms with Gasteiger partial charge in [0, 0.05) is 0 Å². The molecule has 144 heavy (non-hydrogen) atoms. The molecule has 28 aromatic rings. The number of rotatable bonds is 13. The average molecular weight is 1820 g/mol. The Kier molecular flexibility index (Phi) is 22.1. The highest BCUT2D eigenvalue weighted by Gasteiger charge is 2.24. The molecule has 28 aromatic carbocycles. The van der Waals surface area contributed by atoms with E-state index in [2.05, 4.69) is 570 Å². The van der Waals surface area contributed by atoms with E-state index >= 15 is 0 Å². The molecular weight excluding hydrogens is 1730 g/mol. The van der Waals surface area contributed by atoms with Crippen LogP contribution < -0.4 is 0 Å². The molecule has 670 valence electrons. The smallest absolute Gasteiger partial charge is 0.00201 e. The molecule has 28 rings (SSSR count). The zero-order chi connectivity index (χ0) is 95.3. The Morgan fingerprint density at radius 2 is 0.215 bits per heavy atom. The fourth-order valence-electron chi connectivity index (χ4n) is 22.9. The Bertz CT molecular complexity index is 9550. The van der Waals surface area contributed by atoms with E-state index in [4.69, 9.17) is 0 Å². The number of benzene rings is 28. The van der Waals surface area contributed by atoms with Gasteiger partial charge in [0.15, 0.2) is 0 Å². The molecule has 0 saturated heterocycles. The van der Waals surface area contributed by atoms with Gasteiger partial charge in [0.05, 0.1) is 0 Å². The molecular formula is C144H94. The van der Waals surface area contributed by atoms with Gasteiger partial charge in [-0.15, -0.1) is 0 Å². The molecule has 0 bridgehead atoms. The Hall–Kier alpha value is -18.7. The lowest BCUT2D eigenvalue weighted by Crippen LogP contribution is -1.92. The topological polar surface area (TPSA) is 0 Å². The number of fused-ring (bicyclic) bond motifs is 18. The van der Waals surface area contributed by atoms with Crippen LogP contribution in [0.4, 0.5) is 0 Å². The van der Waals surface area contributed by atoms with Crippen molar-refractivity contribution in [3.8, 4) is 145 Å². The predicted molar refractivity (Wildman–Crippen MR) is 620 cm³/mol. The molecule has 0 unspecified atom stereocenters. The van der Waals surface area contributed by atoms with Crippen molar-refractivity contribution in [2.24, 2.45) is 0 Å². The van der Waals surface area contributed by atoms with Gasteiger partial charge >= 0.3 is 0 Å². The molecule has 0 amide bonds. The third-order valence-electron chi connectivity index (χ3n) is 29.6. The van der Waals surface area contributed by atoms with Crippen LogP contribution in [-0.2, 0) is 0 Å². The van der Waals surface area contributed by atoms with Crippen LogP contribution >= 0.6 is 0 Å². The van der Waals surface area contributed by atoms with Gasteiger partial charge in [0.2, 0.25) is 0 Å². The molecule has 0 atom stereocenters. The maximum absolute atomic E-state index is 2.39. The molecule has 0 N–H and O–H groups in total. The summed E-state index contributed by atoms with van der Waals surface area (Å²) in [5.74, 6) is 0. The van der Waals surface area contributed by atoms with Crippen molar-refractivity contribution in [3.63, 3.8) is 0 Å².